The van der Waals surface area contributed by atoms with E-state index in [9.17, 15) is 21.6 Å². The fourth-order valence-corrected chi connectivity index (χ4v) is 2.98. The number of halogens is 3. The Kier molecular flexibility index (Phi) is 4.59. The van der Waals surface area contributed by atoms with Crippen LogP contribution in [0.3, 0.4) is 0 Å². The molecule has 0 saturated carbocycles. The zero-order valence-electron chi connectivity index (χ0n) is 10.2. The monoisotopic (exact) mass is 301 g/mol. The van der Waals surface area contributed by atoms with Gasteiger partial charge in [0.05, 0.1) is 13.0 Å². The van der Waals surface area contributed by atoms with Gasteiger partial charge in [-0.3, -0.25) is 5.10 Å². The van der Waals surface area contributed by atoms with Gasteiger partial charge in [-0.15, -0.1) is 0 Å². The van der Waals surface area contributed by atoms with Crippen LogP contribution in [0.25, 0.3) is 0 Å². The van der Waals surface area contributed by atoms with Crippen LogP contribution < -0.4 is 4.72 Å². The molecule has 0 aromatic carbocycles. The van der Waals surface area contributed by atoms with Crippen molar-refractivity contribution in [3.8, 4) is 0 Å². The fraction of sp³-hybridized carbons (Fsp3) is 0.667. The molecule has 1 heterocycles. The van der Waals surface area contributed by atoms with Crippen LogP contribution in [0.2, 0.25) is 0 Å². The number of nitrogens with zero attached hydrogens (tertiary/aromatic N) is 1. The molecule has 1 aromatic heterocycles. The van der Waals surface area contributed by atoms with E-state index >= 15 is 0 Å². The van der Waals surface area contributed by atoms with Crippen molar-refractivity contribution in [3.05, 3.63) is 11.3 Å². The van der Waals surface area contributed by atoms with Gasteiger partial charge in [0.2, 0.25) is 0 Å². The second-order valence-corrected chi connectivity index (χ2v) is 5.76. The summed E-state index contributed by atoms with van der Waals surface area (Å²) in [5.74, 6) is 0. The molecule has 0 fully saturated rings. The van der Waals surface area contributed by atoms with Crippen LogP contribution in [-0.4, -0.2) is 35.9 Å². The van der Waals surface area contributed by atoms with Crippen LogP contribution in [0.4, 0.5) is 13.2 Å². The summed E-state index contributed by atoms with van der Waals surface area (Å²) in [5, 5.41) is 14.4. The van der Waals surface area contributed by atoms with Gasteiger partial charge in [-0.2, -0.15) is 18.3 Å². The van der Waals surface area contributed by atoms with Crippen LogP contribution in [0.15, 0.2) is 5.03 Å². The highest BCUT2D eigenvalue weighted by Gasteiger charge is 2.33. The van der Waals surface area contributed by atoms with Crippen molar-refractivity contribution < 1.29 is 26.7 Å². The number of alkyl halides is 3. The molecule has 0 aliphatic rings. The first kappa shape index (κ1) is 15.9. The van der Waals surface area contributed by atoms with Crippen LogP contribution in [0, 0.1) is 6.92 Å². The van der Waals surface area contributed by atoms with Crippen molar-refractivity contribution in [2.75, 3.05) is 0 Å². The van der Waals surface area contributed by atoms with Gasteiger partial charge in [-0.25, -0.2) is 13.1 Å². The summed E-state index contributed by atoms with van der Waals surface area (Å²) in [4.78, 5) is 0. The summed E-state index contributed by atoms with van der Waals surface area (Å²) in [7, 11) is -4.21. The first-order valence-electron chi connectivity index (χ1n) is 5.30. The summed E-state index contributed by atoms with van der Waals surface area (Å²) in [5.41, 5.74) is 0.373. The SMILES string of the molecule is Cc1[nH]nc(S(=O)(=O)NC(C)CC(F)(F)F)c1CO. The Morgan fingerprint density at radius 3 is 2.53 bits per heavy atom. The lowest BCUT2D eigenvalue weighted by molar-refractivity contribution is -0.137. The first-order chi connectivity index (χ1) is 8.57. The highest BCUT2D eigenvalue weighted by molar-refractivity contribution is 7.89. The van der Waals surface area contributed by atoms with Crippen molar-refractivity contribution in [3.63, 3.8) is 0 Å². The molecule has 19 heavy (non-hydrogen) atoms. The third kappa shape index (κ3) is 4.18. The maximum atomic E-state index is 12.1. The van der Waals surface area contributed by atoms with Crippen LogP contribution in [0.1, 0.15) is 24.6 Å². The van der Waals surface area contributed by atoms with Gasteiger partial charge < -0.3 is 5.11 Å². The van der Waals surface area contributed by atoms with Gasteiger partial charge in [0.1, 0.15) is 0 Å². The molecule has 6 nitrogen and oxygen atoms in total. The number of H-pyrrole nitrogens is 1. The molecule has 1 unspecified atom stereocenters. The summed E-state index contributed by atoms with van der Waals surface area (Å²) < 4.78 is 62.0. The first-order valence-corrected chi connectivity index (χ1v) is 6.79. The van der Waals surface area contributed by atoms with E-state index in [-0.39, 0.29) is 5.56 Å². The van der Waals surface area contributed by atoms with E-state index in [4.69, 9.17) is 5.11 Å². The Morgan fingerprint density at radius 1 is 1.47 bits per heavy atom. The molecule has 10 heteroatoms. The van der Waals surface area contributed by atoms with Crippen LogP contribution >= 0.6 is 0 Å². The predicted octanol–water partition coefficient (Wildman–Crippen LogP) is 0.830. The number of aliphatic hydroxyl groups is 1. The summed E-state index contributed by atoms with van der Waals surface area (Å²) in [6.45, 7) is 2.02. The number of hydrogen-bond acceptors (Lipinski definition) is 4. The van der Waals surface area contributed by atoms with Crippen LogP contribution in [-0.2, 0) is 16.6 Å². The Hall–Kier alpha value is -1.13. The molecule has 3 N–H and O–H groups in total. The second-order valence-electron chi connectivity index (χ2n) is 4.13. The minimum atomic E-state index is -4.47. The van der Waals surface area contributed by atoms with Crippen molar-refractivity contribution in [1.29, 1.82) is 0 Å². The highest BCUT2D eigenvalue weighted by atomic mass is 32.2. The number of rotatable bonds is 5. The molecule has 0 aliphatic carbocycles. The largest absolute Gasteiger partial charge is 0.392 e. The molecule has 0 spiro atoms. The zero-order chi connectivity index (χ0) is 14.8. The number of aromatic amines is 1. The summed E-state index contributed by atoms with van der Waals surface area (Å²) >= 11 is 0. The third-order valence-corrected chi connectivity index (χ3v) is 3.90. The van der Waals surface area contributed by atoms with Crippen molar-refractivity contribution in [2.45, 2.75) is 44.1 Å². The van der Waals surface area contributed by atoms with Crippen molar-refractivity contribution >= 4 is 10.0 Å². The molecule has 0 radical (unpaired) electrons. The quantitative estimate of drug-likeness (QED) is 0.750. The smallest absolute Gasteiger partial charge is 0.390 e. The summed E-state index contributed by atoms with van der Waals surface area (Å²) in [6.07, 6.45) is -5.76. The van der Waals surface area contributed by atoms with E-state index in [0.29, 0.717) is 5.69 Å². The third-order valence-electron chi connectivity index (χ3n) is 2.34. The van der Waals surface area contributed by atoms with Gasteiger partial charge in [0.15, 0.2) is 5.03 Å². The molecule has 0 aliphatic heterocycles. The maximum absolute atomic E-state index is 12.1. The molecule has 110 valence electrons. The number of aromatic nitrogens is 2. The predicted molar refractivity (Wildman–Crippen MR) is 59.7 cm³/mol. The summed E-state index contributed by atoms with van der Waals surface area (Å²) in [6, 6.07) is -1.33. The topological polar surface area (TPSA) is 95.1 Å². The Bertz CT molecular complexity index is 539. The molecule has 0 saturated heterocycles. The average molecular weight is 301 g/mol. The van der Waals surface area contributed by atoms with E-state index in [2.05, 4.69) is 10.2 Å². The van der Waals surface area contributed by atoms with Gasteiger partial charge in [-0.1, -0.05) is 0 Å². The zero-order valence-corrected chi connectivity index (χ0v) is 11.1. The van der Waals surface area contributed by atoms with E-state index < -0.39 is 40.3 Å². The minimum absolute atomic E-state index is 0.0340. The lowest BCUT2D eigenvalue weighted by Crippen LogP contribution is -2.36. The van der Waals surface area contributed by atoms with Crippen molar-refractivity contribution in [2.24, 2.45) is 0 Å². The van der Waals surface area contributed by atoms with Gasteiger partial charge in [-0.05, 0) is 13.8 Å². The molecule has 1 atom stereocenters. The van der Waals surface area contributed by atoms with E-state index in [0.717, 1.165) is 6.92 Å². The number of sulfonamides is 1. The second kappa shape index (κ2) is 5.47. The Balaban J connectivity index is 2.93. The minimum Gasteiger partial charge on any atom is -0.392 e. The highest BCUT2D eigenvalue weighted by Crippen LogP contribution is 2.23. The fourth-order valence-electron chi connectivity index (χ4n) is 1.55. The Labute approximate surface area is 108 Å². The number of hydrogen-bond donors (Lipinski definition) is 3. The molecular formula is C9H14F3N3O3S. The molecule has 0 amide bonds. The lowest BCUT2D eigenvalue weighted by atomic mass is 10.2. The Morgan fingerprint density at radius 2 is 2.05 bits per heavy atom. The van der Waals surface area contributed by atoms with E-state index in [1.54, 1.807) is 0 Å². The average Bonchev–Trinajstić information content (AvgIpc) is 2.55. The number of nitrogens with one attached hydrogen (secondary N) is 2. The molecular weight excluding hydrogens is 287 g/mol. The lowest BCUT2D eigenvalue weighted by Gasteiger charge is -2.15. The number of aryl methyl sites for hydroxylation is 1. The van der Waals surface area contributed by atoms with Gasteiger partial charge in [0.25, 0.3) is 10.0 Å². The van der Waals surface area contributed by atoms with Crippen molar-refractivity contribution in [1.82, 2.24) is 14.9 Å². The van der Waals surface area contributed by atoms with Gasteiger partial charge >= 0.3 is 6.18 Å². The maximum Gasteiger partial charge on any atom is 0.390 e. The molecule has 0 bridgehead atoms. The van der Waals surface area contributed by atoms with Crippen LogP contribution in [0.5, 0.6) is 0 Å². The molecule has 1 rings (SSSR count). The number of aliphatic hydroxyl groups excluding tert-OH is 1. The van der Waals surface area contributed by atoms with E-state index in [1.807, 2.05) is 4.72 Å². The van der Waals surface area contributed by atoms with E-state index in [1.165, 1.54) is 6.92 Å². The standard InChI is InChI=1S/C9H14F3N3O3S/c1-5(3-9(10,11)12)15-19(17,18)8-7(4-16)6(2)13-14-8/h5,15-16H,3-4H2,1-2H3,(H,13,14). The van der Waals surface area contributed by atoms with Gasteiger partial charge in [0, 0.05) is 17.3 Å². The normalized spacial score (nSPS) is 14.6. The molecule has 1 aromatic rings.